The number of halogens is 1. The molecule has 1 aliphatic heterocycles. The Morgan fingerprint density at radius 3 is 2.19 bits per heavy atom. The quantitative estimate of drug-likeness (QED) is 0.459. The van der Waals surface area contributed by atoms with Crippen LogP contribution in [0, 0.1) is 0 Å². The van der Waals surface area contributed by atoms with Gasteiger partial charge < -0.3 is 20.4 Å². The molecular formula is C30H33ClN4O2. The molecule has 2 N–H and O–H groups in total. The van der Waals surface area contributed by atoms with Crippen LogP contribution in [0.2, 0.25) is 5.02 Å². The molecule has 0 atom stereocenters. The molecule has 0 radical (unpaired) electrons. The van der Waals surface area contributed by atoms with Gasteiger partial charge in [0.2, 0.25) is 5.91 Å². The summed E-state index contributed by atoms with van der Waals surface area (Å²) in [6, 6.07) is 23.1. The van der Waals surface area contributed by atoms with Crippen molar-refractivity contribution in [3.63, 3.8) is 0 Å². The number of anilines is 2. The minimum Gasteiger partial charge on any atom is -0.369 e. The van der Waals surface area contributed by atoms with Crippen molar-refractivity contribution in [3.8, 4) is 0 Å². The van der Waals surface area contributed by atoms with Crippen molar-refractivity contribution in [2.75, 3.05) is 43.4 Å². The Morgan fingerprint density at radius 1 is 0.892 bits per heavy atom. The van der Waals surface area contributed by atoms with Crippen molar-refractivity contribution in [1.82, 2.24) is 10.2 Å². The fourth-order valence-corrected chi connectivity index (χ4v) is 5.29. The highest BCUT2D eigenvalue weighted by molar-refractivity contribution is 6.31. The summed E-state index contributed by atoms with van der Waals surface area (Å²) in [5.74, 6) is -0.172. The predicted octanol–water partition coefficient (Wildman–Crippen LogP) is 5.08. The molecule has 1 saturated heterocycles. The van der Waals surface area contributed by atoms with E-state index >= 15 is 0 Å². The fourth-order valence-electron chi connectivity index (χ4n) is 5.09. The summed E-state index contributed by atoms with van der Waals surface area (Å²) in [6.07, 6.45) is 3.08. The molecule has 3 aromatic rings. The molecular weight excluding hydrogens is 484 g/mol. The Hall–Kier alpha value is -3.35. The SMILES string of the molecule is CN1CCN(c2ccc(C(=O)NC3(c4ccc(NC(=O)Cc5ccccc5Cl)cc4)CCC3)cc2)CC1. The molecule has 0 spiro atoms. The summed E-state index contributed by atoms with van der Waals surface area (Å²) in [5, 5.41) is 6.83. The standard InChI is InChI=1S/C30H33ClN4O2/c1-34-17-19-35(20-18-34)26-13-7-22(8-14-26)29(37)33-30(15-4-16-30)24-9-11-25(12-10-24)32-28(36)21-23-5-2-3-6-27(23)31/h2-3,5-14H,4,15-21H2,1H3,(H,32,36)(H,33,37). The molecule has 2 amide bonds. The third-order valence-electron chi connectivity index (χ3n) is 7.59. The topological polar surface area (TPSA) is 64.7 Å². The first-order valence-electron chi connectivity index (χ1n) is 12.9. The van der Waals surface area contributed by atoms with Gasteiger partial charge in [0.15, 0.2) is 0 Å². The van der Waals surface area contributed by atoms with Gasteiger partial charge in [0.05, 0.1) is 12.0 Å². The van der Waals surface area contributed by atoms with Crippen LogP contribution >= 0.6 is 11.6 Å². The molecule has 0 bridgehead atoms. The first-order valence-corrected chi connectivity index (χ1v) is 13.3. The smallest absolute Gasteiger partial charge is 0.251 e. The number of nitrogens with zero attached hydrogens (tertiary/aromatic N) is 2. The maximum atomic E-state index is 13.2. The minimum atomic E-state index is -0.368. The molecule has 1 saturated carbocycles. The average molecular weight is 517 g/mol. The van der Waals surface area contributed by atoms with Crippen LogP contribution in [0.5, 0.6) is 0 Å². The highest BCUT2D eigenvalue weighted by Gasteiger charge is 2.40. The molecule has 1 aliphatic carbocycles. The van der Waals surface area contributed by atoms with E-state index in [0.717, 1.165) is 67.9 Å². The van der Waals surface area contributed by atoms with Gasteiger partial charge in [-0.3, -0.25) is 9.59 Å². The van der Waals surface area contributed by atoms with Crippen molar-refractivity contribution in [3.05, 3.63) is 94.5 Å². The van der Waals surface area contributed by atoms with Crippen LogP contribution in [0.15, 0.2) is 72.8 Å². The summed E-state index contributed by atoms with van der Waals surface area (Å²) in [6.45, 7) is 4.10. The zero-order chi connectivity index (χ0) is 25.8. The molecule has 0 unspecified atom stereocenters. The second-order valence-corrected chi connectivity index (χ2v) is 10.5. The molecule has 2 aliphatic rings. The van der Waals surface area contributed by atoms with Crippen LogP contribution in [0.1, 0.15) is 40.7 Å². The van der Waals surface area contributed by atoms with Gasteiger partial charge in [-0.2, -0.15) is 0 Å². The molecule has 3 aromatic carbocycles. The molecule has 2 fully saturated rings. The van der Waals surface area contributed by atoms with Crippen molar-refractivity contribution in [2.45, 2.75) is 31.2 Å². The molecule has 7 heteroatoms. The van der Waals surface area contributed by atoms with Gasteiger partial charge in [0, 0.05) is 48.1 Å². The van der Waals surface area contributed by atoms with E-state index in [4.69, 9.17) is 11.6 Å². The van der Waals surface area contributed by atoms with Gasteiger partial charge in [-0.25, -0.2) is 0 Å². The lowest BCUT2D eigenvalue weighted by Crippen LogP contribution is -2.50. The lowest BCUT2D eigenvalue weighted by atomic mass is 9.71. The summed E-state index contributed by atoms with van der Waals surface area (Å²) < 4.78 is 0. The monoisotopic (exact) mass is 516 g/mol. The Balaban J connectivity index is 1.21. The highest BCUT2D eigenvalue weighted by Crippen LogP contribution is 2.42. The number of nitrogens with one attached hydrogen (secondary N) is 2. The number of benzene rings is 3. The zero-order valence-electron chi connectivity index (χ0n) is 21.2. The number of carbonyl (C=O) groups is 2. The van der Waals surface area contributed by atoms with Crippen LogP contribution in [0.25, 0.3) is 0 Å². The van der Waals surface area contributed by atoms with E-state index in [9.17, 15) is 9.59 Å². The van der Waals surface area contributed by atoms with E-state index < -0.39 is 0 Å². The highest BCUT2D eigenvalue weighted by atomic mass is 35.5. The van der Waals surface area contributed by atoms with E-state index in [2.05, 4.69) is 27.5 Å². The number of piperazine rings is 1. The second kappa shape index (κ2) is 11.0. The molecule has 192 valence electrons. The van der Waals surface area contributed by atoms with E-state index in [0.29, 0.717) is 10.6 Å². The Morgan fingerprint density at radius 2 is 1.57 bits per heavy atom. The summed E-state index contributed by atoms with van der Waals surface area (Å²) in [5.41, 5.74) is 4.05. The van der Waals surface area contributed by atoms with Gasteiger partial charge in [0.1, 0.15) is 0 Å². The maximum absolute atomic E-state index is 13.2. The van der Waals surface area contributed by atoms with Crippen LogP contribution in [0.3, 0.4) is 0 Å². The van der Waals surface area contributed by atoms with E-state index in [-0.39, 0.29) is 23.8 Å². The second-order valence-electron chi connectivity index (χ2n) is 10.1. The van der Waals surface area contributed by atoms with Gasteiger partial charge in [-0.15, -0.1) is 0 Å². The van der Waals surface area contributed by atoms with Crippen LogP contribution in [-0.2, 0) is 16.8 Å². The first-order chi connectivity index (χ1) is 17.9. The number of carbonyl (C=O) groups excluding carboxylic acids is 2. The van der Waals surface area contributed by atoms with E-state index in [1.165, 1.54) is 0 Å². The predicted molar refractivity (Wildman–Crippen MR) is 149 cm³/mol. The summed E-state index contributed by atoms with van der Waals surface area (Å²) in [7, 11) is 2.15. The normalized spacial score (nSPS) is 17.1. The average Bonchev–Trinajstić information content (AvgIpc) is 2.88. The van der Waals surface area contributed by atoms with Crippen molar-refractivity contribution in [1.29, 1.82) is 0 Å². The summed E-state index contributed by atoms with van der Waals surface area (Å²) >= 11 is 6.18. The number of hydrogen-bond acceptors (Lipinski definition) is 4. The lowest BCUT2D eigenvalue weighted by Gasteiger charge is -2.43. The van der Waals surface area contributed by atoms with Gasteiger partial charge in [-0.05, 0) is 79.9 Å². The van der Waals surface area contributed by atoms with E-state index in [1.807, 2.05) is 66.7 Å². The number of hydrogen-bond donors (Lipinski definition) is 2. The van der Waals surface area contributed by atoms with Crippen LogP contribution in [0.4, 0.5) is 11.4 Å². The number of rotatable bonds is 7. The van der Waals surface area contributed by atoms with Gasteiger partial charge in [0.25, 0.3) is 5.91 Å². The Kier molecular flexibility index (Phi) is 7.49. The third-order valence-corrected chi connectivity index (χ3v) is 7.96. The largest absolute Gasteiger partial charge is 0.369 e. The Labute approximate surface area is 223 Å². The first kappa shape index (κ1) is 25.3. The lowest BCUT2D eigenvalue weighted by molar-refractivity contribution is -0.115. The zero-order valence-corrected chi connectivity index (χ0v) is 21.9. The molecule has 6 nitrogen and oxygen atoms in total. The van der Waals surface area contributed by atoms with Crippen LogP contribution < -0.4 is 15.5 Å². The Bertz CT molecular complexity index is 1250. The van der Waals surface area contributed by atoms with Crippen molar-refractivity contribution in [2.24, 2.45) is 0 Å². The summed E-state index contributed by atoms with van der Waals surface area (Å²) in [4.78, 5) is 30.4. The minimum absolute atomic E-state index is 0.0539. The third kappa shape index (κ3) is 5.81. The molecule has 37 heavy (non-hydrogen) atoms. The van der Waals surface area contributed by atoms with Crippen molar-refractivity contribution < 1.29 is 9.59 Å². The van der Waals surface area contributed by atoms with E-state index in [1.54, 1.807) is 6.07 Å². The number of amides is 2. The van der Waals surface area contributed by atoms with Crippen molar-refractivity contribution >= 4 is 34.8 Å². The van der Waals surface area contributed by atoms with Gasteiger partial charge in [-0.1, -0.05) is 41.9 Å². The molecule has 5 rings (SSSR count). The maximum Gasteiger partial charge on any atom is 0.251 e. The van der Waals surface area contributed by atoms with Gasteiger partial charge >= 0.3 is 0 Å². The number of likely N-dealkylation sites (N-methyl/N-ethyl adjacent to an activating group) is 1. The van der Waals surface area contributed by atoms with Crippen LogP contribution in [-0.4, -0.2) is 49.9 Å². The fraction of sp³-hybridized carbons (Fsp3) is 0.333. The molecule has 1 heterocycles. The molecule has 0 aromatic heterocycles.